The minimum Gasteiger partial charge on any atom is -0.496 e. The van der Waals surface area contributed by atoms with Crippen molar-refractivity contribution in [2.75, 3.05) is 12.8 Å². The summed E-state index contributed by atoms with van der Waals surface area (Å²) < 4.78 is 32.1. The minimum absolute atomic E-state index is 0.0836. The van der Waals surface area contributed by atoms with Crippen molar-refractivity contribution < 1.29 is 13.5 Å². The Kier molecular flexibility index (Phi) is 2.78. The van der Waals surface area contributed by atoms with Crippen LogP contribution in [0.2, 0.25) is 0 Å². The molecule has 0 aliphatic carbocycles. The maximum atomic E-state index is 13.6. The number of hydrogen-bond donors (Lipinski definition) is 2. The number of benzene rings is 2. The predicted molar refractivity (Wildman–Crippen MR) is 72.4 cm³/mol. The van der Waals surface area contributed by atoms with Crippen molar-refractivity contribution in [2.24, 2.45) is 0 Å². The molecule has 20 heavy (non-hydrogen) atoms. The Morgan fingerprint density at radius 2 is 2.00 bits per heavy atom. The third-order valence-corrected chi connectivity index (χ3v) is 2.99. The second-order valence-corrected chi connectivity index (χ2v) is 4.33. The number of fused-ring (bicyclic) bond motifs is 1. The average Bonchev–Trinajstić information content (AvgIpc) is 2.82. The number of methoxy groups -OCH3 is 1. The highest BCUT2D eigenvalue weighted by molar-refractivity contribution is 5.81. The number of hydrogen-bond acceptors (Lipinski definition) is 3. The SMILES string of the molecule is COc1cc(N)ccc1-c1nc2c(F)cc(F)cc2[nH]1. The molecule has 0 spiro atoms. The van der Waals surface area contributed by atoms with Crippen LogP contribution in [-0.4, -0.2) is 17.1 Å². The van der Waals surface area contributed by atoms with Crippen LogP contribution in [0.3, 0.4) is 0 Å². The first-order chi connectivity index (χ1) is 9.58. The fourth-order valence-electron chi connectivity index (χ4n) is 2.07. The molecule has 6 heteroatoms. The highest BCUT2D eigenvalue weighted by Crippen LogP contribution is 2.31. The zero-order chi connectivity index (χ0) is 14.3. The Hall–Kier alpha value is -2.63. The van der Waals surface area contributed by atoms with Crippen LogP contribution >= 0.6 is 0 Å². The van der Waals surface area contributed by atoms with Crippen molar-refractivity contribution in [3.05, 3.63) is 42.0 Å². The number of ether oxygens (including phenoxy) is 1. The summed E-state index contributed by atoms with van der Waals surface area (Å²) >= 11 is 0. The van der Waals surface area contributed by atoms with E-state index in [2.05, 4.69) is 9.97 Å². The molecule has 0 saturated carbocycles. The van der Waals surface area contributed by atoms with Crippen LogP contribution in [0.4, 0.5) is 14.5 Å². The van der Waals surface area contributed by atoms with Gasteiger partial charge < -0.3 is 15.5 Å². The number of H-pyrrole nitrogens is 1. The largest absolute Gasteiger partial charge is 0.496 e. The summed E-state index contributed by atoms with van der Waals surface area (Å²) in [6.07, 6.45) is 0. The quantitative estimate of drug-likeness (QED) is 0.706. The van der Waals surface area contributed by atoms with Crippen molar-refractivity contribution in [1.29, 1.82) is 0 Å². The van der Waals surface area contributed by atoms with Gasteiger partial charge in [0.25, 0.3) is 0 Å². The normalized spacial score (nSPS) is 10.9. The topological polar surface area (TPSA) is 63.9 Å². The van der Waals surface area contributed by atoms with Gasteiger partial charge in [-0.3, -0.25) is 0 Å². The molecule has 1 aromatic heterocycles. The van der Waals surface area contributed by atoms with Gasteiger partial charge in [-0.1, -0.05) is 0 Å². The standard InChI is InChI=1S/C14H11F2N3O/c1-20-12-6-8(17)2-3-9(12)14-18-11-5-7(15)4-10(16)13(11)19-14/h2-6H,17H2,1H3,(H,18,19). The van der Waals surface area contributed by atoms with E-state index in [-0.39, 0.29) is 11.0 Å². The van der Waals surface area contributed by atoms with Gasteiger partial charge in [-0.2, -0.15) is 0 Å². The van der Waals surface area contributed by atoms with Crippen LogP contribution in [-0.2, 0) is 0 Å². The molecule has 0 aliphatic heterocycles. The molecule has 3 aromatic rings. The van der Waals surface area contributed by atoms with E-state index in [1.54, 1.807) is 18.2 Å². The van der Waals surface area contributed by atoms with Crippen LogP contribution in [0.1, 0.15) is 0 Å². The summed E-state index contributed by atoms with van der Waals surface area (Å²) in [5.41, 5.74) is 7.22. The molecule has 0 atom stereocenters. The highest BCUT2D eigenvalue weighted by atomic mass is 19.1. The van der Waals surface area contributed by atoms with Gasteiger partial charge in [0, 0.05) is 17.8 Å². The number of halogens is 2. The zero-order valence-corrected chi connectivity index (χ0v) is 10.6. The Morgan fingerprint density at radius 3 is 2.75 bits per heavy atom. The summed E-state index contributed by atoms with van der Waals surface area (Å²) in [5, 5.41) is 0. The number of nitrogens with zero attached hydrogens (tertiary/aromatic N) is 1. The van der Waals surface area contributed by atoms with Crippen molar-refractivity contribution in [3.8, 4) is 17.1 Å². The molecule has 0 radical (unpaired) electrons. The van der Waals surface area contributed by atoms with E-state index in [0.717, 1.165) is 6.07 Å². The lowest BCUT2D eigenvalue weighted by Gasteiger charge is -2.06. The molecule has 0 aliphatic rings. The van der Waals surface area contributed by atoms with Gasteiger partial charge in [0.2, 0.25) is 0 Å². The Balaban J connectivity index is 2.22. The summed E-state index contributed by atoms with van der Waals surface area (Å²) in [4.78, 5) is 7.02. The maximum Gasteiger partial charge on any atom is 0.153 e. The molecule has 2 aromatic carbocycles. The first-order valence-corrected chi connectivity index (χ1v) is 5.87. The molecule has 0 unspecified atom stereocenters. The molecule has 3 N–H and O–H groups in total. The highest BCUT2D eigenvalue weighted by Gasteiger charge is 2.14. The van der Waals surface area contributed by atoms with Gasteiger partial charge in [-0.15, -0.1) is 0 Å². The summed E-state index contributed by atoms with van der Waals surface area (Å²) in [6, 6.07) is 7.02. The van der Waals surface area contributed by atoms with Gasteiger partial charge in [0.1, 0.15) is 22.9 Å². The van der Waals surface area contributed by atoms with Crippen LogP contribution in [0.5, 0.6) is 5.75 Å². The molecule has 102 valence electrons. The molecule has 0 saturated heterocycles. The van der Waals surface area contributed by atoms with Gasteiger partial charge in [-0.05, 0) is 18.2 Å². The fourth-order valence-corrected chi connectivity index (χ4v) is 2.07. The number of nitrogens with one attached hydrogen (secondary N) is 1. The van der Waals surface area contributed by atoms with E-state index in [9.17, 15) is 8.78 Å². The van der Waals surface area contributed by atoms with Crippen molar-refractivity contribution in [2.45, 2.75) is 0 Å². The van der Waals surface area contributed by atoms with E-state index in [1.807, 2.05) is 0 Å². The molecular formula is C14H11F2N3O. The molecule has 4 nitrogen and oxygen atoms in total. The Bertz CT molecular complexity index is 798. The molecule has 3 rings (SSSR count). The van der Waals surface area contributed by atoms with Crippen LogP contribution < -0.4 is 10.5 Å². The second-order valence-electron chi connectivity index (χ2n) is 4.33. The first-order valence-electron chi connectivity index (χ1n) is 5.87. The average molecular weight is 275 g/mol. The van der Waals surface area contributed by atoms with Gasteiger partial charge in [0.05, 0.1) is 18.2 Å². The van der Waals surface area contributed by atoms with Crippen LogP contribution in [0.15, 0.2) is 30.3 Å². The third-order valence-electron chi connectivity index (χ3n) is 2.99. The molecular weight excluding hydrogens is 264 g/mol. The van der Waals surface area contributed by atoms with E-state index in [0.29, 0.717) is 22.8 Å². The summed E-state index contributed by atoms with van der Waals surface area (Å²) in [5.74, 6) is -0.474. The van der Waals surface area contributed by atoms with Crippen molar-refractivity contribution in [3.63, 3.8) is 0 Å². The number of nitrogen functional groups attached to an aromatic ring is 1. The van der Waals surface area contributed by atoms with Crippen LogP contribution in [0, 0.1) is 11.6 Å². The lowest BCUT2D eigenvalue weighted by atomic mass is 10.1. The van der Waals surface area contributed by atoms with Crippen molar-refractivity contribution in [1.82, 2.24) is 9.97 Å². The first kappa shape index (κ1) is 12.4. The minimum atomic E-state index is -0.711. The number of aromatic amines is 1. The number of imidazole rings is 1. The number of nitrogens with two attached hydrogens (primary N) is 1. The van der Waals surface area contributed by atoms with E-state index in [1.165, 1.54) is 13.2 Å². The lowest BCUT2D eigenvalue weighted by Crippen LogP contribution is -1.92. The number of rotatable bonds is 2. The predicted octanol–water partition coefficient (Wildman–Crippen LogP) is 3.10. The molecule has 0 amide bonds. The zero-order valence-electron chi connectivity index (χ0n) is 10.6. The second kappa shape index (κ2) is 4.48. The van der Waals surface area contributed by atoms with Gasteiger partial charge in [-0.25, -0.2) is 13.8 Å². The Morgan fingerprint density at radius 1 is 1.20 bits per heavy atom. The monoisotopic (exact) mass is 275 g/mol. The molecule has 0 bridgehead atoms. The van der Waals surface area contributed by atoms with Gasteiger partial charge in [0.15, 0.2) is 5.82 Å². The summed E-state index contributed by atoms with van der Waals surface area (Å²) in [7, 11) is 1.50. The number of anilines is 1. The lowest BCUT2D eigenvalue weighted by molar-refractivity contribution is 0.416. The van der Waals surface area contributed by atoms with E-state index < -0.39 is 11.6 Å². The van der Waals surface area contributed by atoms with Crippen molar-refractivity contribution >= 4 is 16.7 Å². The van der Waals surface area contributed by atoms with Crippen LogP contribution in [0.25, 0.3) is 22.4 Å². The van der Waals surface area contributed by atoms with Gasteiger partial charge >= 0.3 is 0 Å². The smallest absolute Gasteiger partial charge is 0.153 e. The molecule has 0 fully saturated rings. The third kappa shape index (κ3) is 1.95. The van der Waals surface area contributed by atoms with E-state index in [4.69, 9.17) is 10.5 Å². The summed E-state index contributed by atoms with van der Waals surface area (Å²) in [6.45, 7) is 0. The van der Waals surface area contributed by atoms with E-state index >= 15 is 0 Å². The maximum absolute atomic E-state index is 13.6. The Labute approximate surface area is 113 Å². The molecule has 1 heterocycles. The number of aromatic nitrogens is 2. The fraction of sp³-hybridized carbons (Fsp3) is 0.0714.